The topological polar surface area (TPSA) is 42.4 Å². The zero-order valence-electron chi connectivity index (χ0n) is 10.3. The minimum absolute atomic E-state index is 0.0163. The van der Waals surface area contributed by atoms with E-state index in [0.717, 1.165) is 18.2 Å². The van der Waals surface area contributed by atoms with E-state index in [9.17, 15) is 13.9 Å². The van der Waals surface area contributed by atoms with Gasteiger partial charge in [-0.05, 0) is 35.4 Å². The lowest BCUT2D eigenvalue weighted by Gasteiger charge is -2.11. The first-order valence-electron chi connectivity index (χ1n) is 5.72. The molecule has 1 heterocycles. The number of hydrogen-bond donors (Lipinski definition) is 1. The molecular weight excluding hydrogens is 252 g/mol. The van der Waals surface area contributed by atoms with Crippen molar-refractivity contribution in [3.63, 3.8) is 0 Å². The molecule has 100 valence electrons. The zero-order chi connectivity index (χ0) is 13.8. The van der Waals surface area contributed by atoms with Gasteiger partial charge in [0.25, 0.3) is 0 Å². The highest BCUT2D eigenvalue weighted by atomic mass is 19.1. The van der Waals surface area contributed by atoms with Crippen molar-refractivity contribution in [1.29, 1.82) is 0 Å². The predicted molar refractivity (Wildman–Crippen MR) is 65.8 cm³/mol. The third-order valence-electron chi connectivity index (χ3n) is 2.77. The third kappa shape index (κ3) is 3.26. The van der Waals surface area contributed by atoms with Gasteiger partial charge in [0, 0.05) is 18.7 Å². The average molecular weight is 265 g/mol. The van der Waals surface area contributed by atoms with Crippen molar-refractivity contribution in [3.8, 4) is 5.88 Å². The van der Waals surface area contributed by atoms with Crippen LogP contribution in [-0.4, -0.2) is 17.2 Å². The molecule has 2 rings (SSSR count). The summed E-state index contributed by atoms with van der Waals surface area (Å²) in [5.41, 5.74) is 0.646. The lowest BCUT2D eigenvalue weighted by molar-refractivity contribution is 0.176. The van der Waals surface area contributed by atoms with Gasteiger partial charge in [-0.25, -0.2) is 13.8 Å². The summed E-state index contributed by atoms with van der Waals surface area (Å²) in [7, 11) is 1.49. The number of rotatable bonds is 4. The van der Waals surface area contributed by atoms with Crippen LogP contribution in [0.15, 0.2) is 36.5 Å². The van der Waals surface area contributed by atoms with Crippen molar-refractivity contribution < 1.29 is 18.6 Å². The Kier molecular flexibility index (Phi) is 4.06. The summed E-state index contributed by atoms with van der Waals surface area (Å²) in [6.45, 7) is 0. The van der Waals surface area contributed by atoms with Crippen LogP contribution in [0.2, 0.25) is 0 Å². The summed E-state index contributed by atoms with van der Waals surface area (Å²) in [6, 6.07) is 6.40. The van der Waals surface area contributed by atoms with E-state index in [1.807, 2.05) is 0 Å². The van der Waals surface area contributed by atoms with Crippen LogP contribution >= 0.6 is 0 Å². The fourth-order valence-corrected chi connectivity index (χ4v) is 1.74. The molecule has 1 unspecified atom stereocenters. The Bertz CT molecular complexity index is 558. The second-order valence-electron chi connectivity index (χ2n) is 4.09. The van der Waals surface area contributed by atoms with E-state index in [2.05, 4.69) is 4.98 Å². The number of nitrogens with zero attached hydrogens (tertiary/aromatic N) is 1. The zero-order valence-corrected chi connectivity index (χ0v) is 10.3. The Labute approximate surface area is 109 Å². The molecule has 19 heavy (non-hydrogen) atoms. The van der Waals surface area contributed by atoms with Crippen molar-refractivity contribution in [2.24, 2.45) is 0 Å². The number of methoxy groups -OCH3 is 1. The number of ether oxygens (including phenoxy) is 1. The van der Waals surface area contributed by atoms with Crippen LogP contribution < -0.4 is 4.74 Å². The molecule has 0 radical (unpaired) electrons. The Hall–Kier alpha value is -2.01. The van der Waals surface area contributed by atoms with E-state index >= 15 is 0 Å². The smallest absolute Gasteiger partial charge is 0.212 e. The number of aliphatic hydroxyl groups is 1. The molecule has 0 bridgehead atoms. The maximum atomic E-state index is 13.5. The van der Waals surface area contributed by atoms with Crippen LogP contribution in [0.3, 0.4) is 0 Å². The molecule has 1 aromatic carbocycles. The van der Waals surface area contributed by atoms with Crippen LogP contribution in [0.25, 0.3) is 0 Å². The number of benzene rings is 1. The standard InChI is InChI=1S/C14H13F2NO2/c1-19-14-5-2-9(8-17-14)13(18)7-10-6-11(15)3-4-12(10)16/h2-6,8,13,18H,7H2,1H3. The van der Waals surface area contributed by atoms with Gasteiger partial charge in [-0.15, -0.1) is 0 Å². The normalized spacial score (nSPS) is 12.2. The summed E-state index contributed by atoms with van der Waals surface area (Å²) in [5.74, 6) is -0.647. The highest BCUT2D eigenvalue weighted by molar-refractivity contribution is 5.24. The monoisotopic (exact) mass is 265 g/mol. The van der Waals surface area contributed by atoms with Crippen LogP contribution in [-0.2, 0) is 6.42 Å². The molecule has 0 amide bonds. The van der Waals surface area contributed by atoms with E-state index in [1.165, 1.54) is 13.3 Å². The van der Waals surface area contributed by atoms with Gasteiger partial charge in [-0.1, -0.05) is 0 Å². The highest BCUT2D eigenvalue weighted by Crippen LogP contribution is 2.21. The lowest BCUT2D eigenvalue weighted by atomic mass is 10.0. The van der Waals surface area contributed by atoms with Crippen molar-refractivity contribution in [2.45, 2.75) is 12.5 Å². The summed E-state index contributed by atoms with van der Waals surface area (Å²) >= 11 is 0. The maximum Gasteiger partial charge on any atom is 0.212 e. The van der Waals surface area contributed by atoms with Crippen LogP contribution in [0.1, 0.15) is 17.2 Å². The van der Waals surface area contributed by atoms with E-state index in [-0.39, 0.29) is 12.0 Å². The van der Waals surface area contributed by atoms with Gasteiger partial charge < -0.3 is 9.84 Å². The van der Waals surface area contributed by atoms with E-state index in [4.69, 9.17) is 4.74 Å². The van der Waals surface area contributed by atoms with Gasteiger partial charge in [0.2, 0.25) is 5.88 Å². The molecule has 0 aliphatic rings. The number of aliphatic hydroxyl groups excluding tert-OH is 1. The quantitative estimate of drug-likeness (QED) is 0.924. The first kappa shape index (κ1) is 13.4. The van der Waals surface area contributed by atoms with E-state index in [0.29, 0.717) is 11.4 Å². The largest absolute Gasteiger partial charge is 0.481 e. The molecule has 0 saturated carbocycles. The van der Waals surface area contributed by atoms with Crippen molar-refractivity contribution >= 4 is 0 Å². The van der Waals surface area contributed by atoms with E-state index in [1.54, 1.807) is 12.1 Å². The van der Waals surface area contributed by atoms with Crippen molar-refractivity contribution in [1.82, 2.24) is 4.98 Å². The van der Waals surface area contributed by atoms with Crippen LogP contribution in [0.4, 0.5) is 8.78 Å². The fourth-order valence-electron chi connectivity index (χ4n) is 1.74. The van der Waals surface area contributed by atoms with Gasteiger partial charge in [-0.2, -0.15) is 0 Å². The van der Waals surface area contributed by atoms with E-state index < -0.39 is 17.7 Å². The fraction of sp³-hybridized carbons (Fsp3) is 0.214. The average Bonchev–Trinajstić information content (AvgIpc) is 2.43. The highest BCUT2D eigenvalue weighted by Gasteiger charge is 2.13. The molecule has 0 fully saturated rings. The minimum Gasteiger partial charge on any atom is -0.481 e. The predicted octanol–water partition coefficient (Wildman–Crippen LogP) is 2.64. The molecule has 3 nitrogen and oxygen atoms in total. The van der Waals surface area contributed by atoms with Gasteiger partial charge in [0.1, 0.15) is 11.6 Å². The van der Waals surface area contributed by atoms with Gasteiger partial charge in [0.15, 0.2) is 0 Å². The summed E-state index contributed by atoms with van der Waals surface area (Å²) in [5, 5.41) is 9.98. The molecule has 0 spiro atoms. The Morgan fingerprint density at radius 2 is 2.05 bits per heavy atom. The molecule has 0 saturated heterocycles. The molecule has 1 aromatic heterocycles. The Morgan fingerprint density at radius 1 is 1.26 bits per heavy atom. The molecule has 0 aliphatic carbocycles. The summed E-state index contributed by atoms with van der Waals surface area (Å²) in [6.07, 6.45) is 0.480. The lowest BCUT2D eigenvalue weighted by Crippen LogP contribution is -2.04. The number of pyridine rings is 1. The van der Waals surface area contributed by atoms with Crippen LogP contribution in [0.5, 0.6) is 5.88 Å². The maximum absolute atomic E-state index is 13.5. The third-order valence-corrected chi connectivity index (χ3v) is 2.77. The summed E-state index contributed by atoms with van der Waals surface area (Å²) < 4.78 is 31.4. The second kappa shape index (κ2) is 5.75. The van der Waals surface area contributed by atoms with Crippen LogP contribution in [0, 0.1) is 11.6 Å². The molecule has 0 aliphatic heterocycles. The van der Waals surface area contributed by atoms with Gasteiger partial charge in [-0.3, -0.25) is 0 Å². The second-order valence-corrected chi connectivity index (χ2v) is 4.09. The van der Waals surface area contributed by atoms with Gasteiger partial charge in [0.05, 0.1) is 13.2 Å². The van der Waals surface area contributed by atoms with Crippen molar-refractivity contribution in [3.05, 3.63) is 59.3 Å². The number of halogens is 2. The molecule has 1 atom stereocenters. The first-order valence-corrected chi connectivity index (χ1v) is 5.72. The summed E-state index contributed by atoms with van der Waals surface area (Å²) in [4.78, 5) is 3.95. The first-order chi connectivity index (χ1) is 9.10. The number of hydrogen-bond acceptors (Lipinski definition) is 3. The Balaban J connectivity index is 2.15. The molecular formula is C14H13F2NO2. The molecule has 5 heteroatoms. The number of aromatic nitrogens is 1. The Morgan fingerprint density at radius 3 is 2.68 bits per heavy atom. The molecule has 2 aromatic rings. The SMILES string of the molecule is COc1ccc(C(O)Cc2cc(F)ccc2F)cn1. The van der Waals surface area contributed by atoms with Crippen molar-refractivity contribution in [2.75, 3.05) is 7.11 Å². The minimum atomic E-state index is -0.949. The molecule has 1 N–H and O–H groups in total. The van der Waals surface area contributed by atoms with Gasteiger partial charge >= 0.3 is 0 Å².